The molecule has 2 heteroatoms. The van der Waals surface area contributed by atoms with Crippen molar-refractivity contribution < 1.29 is 0 Å². The highest BCUT2D eigenvalue weighted by Gasteiger charge is 2.19. The molecule has 0 atom stereocenters. The predicted molar refractivity (Wildman–Crippen MR) is 265 cm³/mol. The number of hydrogen-bond donors (Lipinski definition) is 0. The lowest BCUT2D eigenvalue weighted by Gasteiger charge is -2.26. The summed E-state index contributed by atoms with van der Waals surface area (Å²) >= 11 is 0. The fourth-order valence-corrected chi connectivity index (χ4v) is 9.50. The second kappa shape index (κ2) is 15.1. The van der Waals surface area contributed by atoms with Crippen molar-refractivity contribution in [2.75, 3.05) is 4.90 Å². The minimum atomic E-state index is 0.106. The Morgan fingerprint density at radius 1 is 0.323 bits per heavy atom. The number of para-hydroxylation sites is 2. The lowest BCUT2D eigenvalue weighted by atomic mass is 9.86. The van der Waals surface area contributed by atoms with Gasteiger partial charge in [-0.15, -0.1) is 0 Å². The van der Waals surface area contributed by atoms with E-state index in [1.165, 1.54) is 88.0 Å². The number of aromatic nitrogens is 1. The van der Waals surface area contributed by atoms with Crippen LogP contribution in [-0.2, 0) is 5.41 Å². The molecule has 0 aliphatic rings. The topological polar surface area (TPSA) is 8.17 Å². The third-order valence-electron chi connectivity index (χ3n) is 12.5. The van der Waals surface area contributed by atoms with Gasteiger partial charge in [-0.25, -0.2) is 0 Å². The van der Waals surface area contributed by atoms with Gasteiger partial charge in [-0.1, -0.05) is 178 Å². The normalized spacial score (nSPS) is 11.8. The van der Waals surface area contributed by atoms with Crippen molar-refractivity contribution in [3.05, 3.63) is 230 Å². The van der Waals surface area contributed by atoms with E-state index in [1.807, 2.05) is 0 Å². The Morgan fingerprint density at radius 3 is 1.29 bits per heavy atom. The molecule has 0 saturated heterocycles. The van der Waals surface area contributed by atoms with Crippen LogP contribution >= 0.6 is 0 Å². The third-order valence-corrected chi connectivity index (χ3v) is 12.5. The largest absolute Gasteiger partial charge is 0.311 e. The summed E-state index contributed by atoms with van der Waals surface area (Å²) in [6, 6.07) is 82.1. The Labute approximate surface area is 363 Å². The first kappa shape index (κ1) is 37.3. The summed E-state index contributed by atoms with van der Waals surface area (Å²) in [5, 5.41) is 7.55. The standard InChI is InChI=1S/C60H46N2/c1-60(2,3)45-31-37-49(38-32-45)62-56-25-15-14-20-50(56)55-40-44(30-39-57(55)62)41-26-33-47(34-27-41)61(46-18-8-5-9-19-46)48-35-28-43(29-36-48)59-53-23-12-10-21-51(53)58(42-16-6-4-7-17-42)52-22-11-13-24-54(52)59/h4-40H,1-3H3. The first-order valence-electron chi connectivity index (χ1n) is 21.6. The number of rotatable bonds is 7. The van der Waals surface area contributed by atoms with Gasteiger partial charge in [0.05, 0.1) is 11.0 Å². The van der Waals surface area contributed by atoms with E-state index < -0.39 is 0 Å². The molecule has 0 unspecified atom stereocenters. The Balaban J connectivity index is 0.969. The molecule has 0 bridgehead atoms. The number of benzene rings is 10. The van der Waals surface area contributed by atoms with Crippen molar-refractivity contribution in [3.63, 3.8) is 0 Å². The summed E-state index contributed by atoms with van der Waals surface area (Å²) in [4.78, 5) is 2.35. The zero-order valence-electron chi connectivity index (χ0n) is 35.3. The van der Waals surface area contributed by atoms with Crippen LogP contribution in [0.15, 0.2) is 224 Å². The Hall–Kier alpha value is -7.68. The molecule has 1 aromatic heterocycles. The summed E-state index contributed by atoms with van der Waals surface area (Å²) < 4.78 is 2.40. The van der Waals surface area contributed by atoms with Gasteiger partial charge in [0, 0.05) is 33.5 Å². The molecule has 62 heavy (non-hydrogen) atoms. The SMILES string of the molecule is CC(C)(C)c1ccc(-n2c3ccccc3c3cc(-c4ccc(N(c5ccccc5)c5ccc(-c6c7ccccc7c(-c7ccccc7)c7ccccc67)cc5)cc4)ccc32)cc1. The minimum absolute atomic E-state index is 0.106. The van der Waals surface area contributed by atoms with Crippen molar-refractivity contribution in [1.29, 1.82) is 0 Å². The zero-order valence-corrected chi connectivity index (χ0v) is 35.3. The van der Waals surface area contributed by atoms with E-state index in [1.54, 1.807) is 0 Å². The molecular formula is C60H46N2. The van der Waals surface area contributed by atoms with E-state index in [2.05, 4.69) is 255 Å². The number of fused-ring (bicyclic) bond motifs is 5. The molecule has 0 saturated carbocycles. The summed E-state index contributed by atoms with van der Waals surface area (Å²) in [5.41, 5.74) is 15.7. The highest BCUT2D eigenvalue weighted by molar-refractivity contribution is 6.21. The monoisotopic (exact) mass is 794 g/mol. The van der Waals surface area contributed by atoms with Gasteiger partial charge >= 0.3 is 0 Å². The average molecular weight is 795 g/mol. The van der Waals surface area contributed by atoms with Crippen molar-refractivity contribution >= 4 is 60.4 Å². The predicted octanol–water partition coefficient (Wildman–Crippen LogP) is 16.9. The molecule has 2 nitrogen and oxygen atoms in total. The highest BCUT2D eigenvalue weighted by Crippen LogP contribution is 2.45. The zero-order chi connectivity index (χ0) is 41.8. The van der Waals surface area contributed by atoms with Crippen molar-refractivity contribution in [3.8, 4) is 39.1 Å². The van der Waals surface area contributed by atoms with E-state index in [-0.39, 0.29) is 5.41 Å². The van der Waals surface area contributed by atoms with Crippen LogP contribution in [0.3, 0.4) is 0 Å². The van der Waals surface area contributed by atoms with Crippen LogP contribution in [0.4, 0.5) is 17.1 Å². The minimum Gasteiger partial charge on any atom is -0.311 e. The summed E-state index contributed by atoms with van der Waals surface area (Å²) in [6.45, 7) is 6.80. The van der Waals surface area contributed by atoms with Crippen molar-refractivity contribution in [1.82, 2.24) is 4.57 Å². The Morgan fingerprint density at radius 2 is 0.742 bits per heavy atom. The molecule has 0 spiro atoms. The fraction of sp³-hybridized carbons (Fsp3) is 0.0667. The molecular weight excluding hydrogens is 749 g/mol. The number of hydrogen-bond acceptors (Lipinski definition) is 1. The molecule has 0 N–H and O–H groups in total. The molecule has 0 aliphatic carbocycles. The maximum Gasteiger partial charge on any atom is 0.0541 e. The van der Waals surface area contributed by atoms with Gasteiger partial charge in [0.25, 0.3) is 0 Å². The first-order chi connectivity index (χ1) is 30.4. The second-order valence-electron chi connectivity index (χ2n) is 17.4. The summed E-state index contributed by atoms with van der Waals surface area (Å²) in [7, 11) is 0. The number of anilines is 3. The van der Waals surface area contributed by atoms with E-state index in [4.69, 9.17) is 0 Å². The molecule has 11 rings (SSSR count). The maximum atomic E-state index is 2.40. The molecule has 0 fully saturated rings. The van der Waals surface area contributed by atoms with Gasteiger partial charge < -0.3 is 9.47 Å². The van der Waals surface area contributed by atoms with Crippen LogP contribution in [0.1, 0.15) is 26.3 Å². The van der Waals surface area contributed by atoms with Crippen LogP contribution < -0.4 is 4.90 Å². The molecule has 10 aromatic carbocycles. The maximum absolute atomic E-state index is 2.40. The van der Waals surface area contributed by atoms with Gasteiger partial charge in [-0.05, 0) is 133 Å². The molecule has 0 aliphatic heterocycles. The highest BCUT2D eigenvalue weighted by atomic mass is 15.1. The molecule has 296 valence electrons. The smallest absolute Gasteiger partial charge is 0.0541 e. The van der Waals surface area contributed by atoms with Crippen LogP contribution in [0.2, 0.25) is 0 Å². The van der Waals surface area contributed by atoms with E-state index in [0.717, 1.165) is 17.1 Å². The van der Waals surface area contributed by atoms with E-state index in [9.17, 15) is 0 Å². The Kier molecular flexibility index (Phi) is 9.09. The summed E-state index contributed by atoms with van der Waals surface area (Å²) in [5.74, 6) is 0. The summed E-state index contributed by atoms with van der Waals surface area (Å²) in [6.07, 6.45) is 0. The van der Waals surface area contributed by atoms with Gasteiger partial charge in [-0.2, -0.15) is 0 Å². The van der Waals surface area contributed by atoms with Crippen LogP contribution in [0.5, 0.6) is 0 Å². The number of nitrogens with zero attached hydrogens (tertiary/aromatic N) is 2. The first-order valence-corrected chi connectivity index (χ1v) is 21.6. The van der Waals surface area contributed by atoms with Gasteiger partial charge in [0.15, 0.2) is 0 Å². The lowest BCUT2D eigenvalue weighted by Crippen LogP contribution is -2.10. The molecule has 0 radical (unpaired) electrons. The third kappa shape index (κ3) is 6.44. The molecule has 11 aromatic rings. The van der Waals surface area contributed by atoms with Crippen molar-refractivity contribution in [2.24, 2.45) is 0 Å². The fourth-order valence-electron chi connectivity index (χ4n) is 9.50. The van der Waals surface area contributed by atoms with Crippen LogP contribution in [0.25, 0.3) is 82.4 Å². The van der Waals surface area contributed by atoms with E-state index >= 15 is 0 Å². The van der Waals surface area contributed by atoms with Crippen LogP contribution in [0, 0.1) is 0 Å². The molecule has 1 heterocycles. The van der Waals surface area contributed by atoms with Crippen LogP contribution in [-0.4, -0.2) is 4.57 Å². The average Bonchev–Trinajstić information content (AvgIpc) is 3.65. The van der Waals surface area contributed by atoms with Crippen molar-refractivity contribution in [2.45, 2.75) is 26.2 Å². The second-order valence-corrected chi connectivity index (χ2v) is 17.4. The van der Waals surface area contributed by atoms with Gasteiger partial charge in [0.2, 0.25) is 0 Å². The lowest BCUT2D eigenvalue weighted by molar-refractivity contribution is 0.590. The quantitative estimate of drug-likeness (QED) is 0.146. The van der Waals surface area contributed by atoms with Gasteiger partial charge in [-0.3, -0.25) is 0 Å². The molecule has 0 amide bonds. The van der Waals surface area contributed by atoms with Gasteiger partial charge in [0.1, 0.15) is 0 Å². The Bertz CT molecular complexity index is 3330. The van der Waals surface area contributed by atoms with E-state index in [0.29, 0.717) is 0 Å².